The number of aliphatic hydroxyl groups is 2. The van der Waals surface area contributed by atoms with Crippen LogP contribution in [0.1, 0.15) is 77.3 Å². The third kappa shape index (κ3) is 18.0. The van der Waals surface area contributed by atoms with E-state index in [2.05, 4.69) is 61.8 Å². The summed E-state index contributed by atoms with van der Waals surface area (Å²) in [7, 11) is 4.55. The Labute approximate surface area is 346 Å². The molecule has 328 valence electrons. The maximum Gasteiger partial charge on any atom is 0.500 e. The zero-order valence-corrected chi connectivity index (χ0v) is 38.8. The third-order valence-corrected chi connectivity index (χ3v) is 16.2. The minimum atomic E-state index is -2.64. The Balaban J connectivity index is 1.83. The molecule has 0 heterocycles. The van der Waals surface area contributed by atoms with Crippen LogP contribution in [0.2, 0.25) is 12.1 Å². The Bertz CT molecular complexity index is 1290. The molecule has 2 aromatic carbocycles. The van der Waals surface area contributed by atoms with Gasteiger partial charge in [0, 0.05) is 66.7 Å². The van der Waals surface area contributed by atoms with Gasteiger partial charge in [-0.15, -0.1) is 0 Å². The summed E-state index contributed by atoms with van der Waals surface area (Å²) in [4.78, 5) is 4.50. The Hall–Kier alpha value is -1.97. The largest absolute Gasteiger partial charge is 0.500 e. The summed E-state index contributed by atoms with van der Waals surface area (Å²) in [6.07, 6.45) is 4.39. The molecule has 0 aliphatic rings. The van der Waals surface area contributed by atoms with E-state index in [0.29, 0.717) is 38.1 Å². The lowest BCUT2D eigenvalue weighted by Gasteiger charge is -2.28. The van der Waals surface area contributed by atoms with E-state index < -0.39 is 30.0 Å². The van der Waals surface area contributed by atoms with Gasteiger partial charge in [-0.2, -0.15) is 0 Å². The van der Waals surface area contributed by atoms with Crippen LogP contribution in [-0.4, -0.2) is 152 Å². The molecule has 13 nitrogen and oxygen atoms in total. The second-order valence-electron chi connectivity index (χ2n) is 14.9. The first-order valence-corrected chi connectivity index (χ1v) is 24.5. The van der Waals surface area contributed by atoms with Crippen molar-refractivity contribution in [2.45, 2.75) is 96.1 Å². The van der Waals surface area contributed by atoms with Crippen LogP contribution in [0.15, 0.2) is 48.5 Å². The van der Waals surface area contributed by atoms with Crippen molar-refractivity contribution in [1.82, 2.24) is 9.80 Å². The van der Waals surface area contributed by atoms with Crippen molar-refractivity contribution in [1.29, 1.82) is 0 Å². The molecule has 57 heavy (non-hydrogen) atoms. The molecular formula is C42H76N2O11Si2. The summed E-state index contributed by atoms with van der Waals surface area (Å²) < 4.78 is 51.1. The van der Waals surface area contributed by atoms with E-state index in [1.54, 1.807) is 42.7 Å². The first-order valence-electron chi connectivity index (χ1n) is 20.6. The van der Waals surface area contributed by atoms with Crippen molar-refractivity contribution >= 4 is 17.6 Å². The van der Waals surface area contributed by atoms with Gasteiger partial charge < -0.3 is 55.9 Å². The quantitative estimate of drug-likeness (QED) is 0.0472. The van der Waals surface area contributed by atoms with E-state index >= 15 is 0 Å². The van der Waals surface area contributed by atoms with Gasteiger partial charge in [0.25, 0.3) is 0 Å². The van der Waals surface area contributed by atoms with Crippen molar-refractivity contribution < 1.29 is 51.0 Å². The average molecular weight is 841 g/mol. The predicted octanol–water partition coefficient (Wildman–Crippen LogP) is 6.21. The second kappa shape index (κ2) is 27.7. The van der Waals surface area contributed by atoms with E-state index in [0.717, 1.165) is 87.6 Å². The van der Waals surface area contributed by atoms with Gasteiger partial charge in [0.1, 0.15) is 18.1 Å². The average Bonchev–Trinajstić information content (AvgIpc) is 3.22. The van der Waals surface area contributed by atoms with Crippen LogP contribution < -0.4 is 9.47 Å². The minimum Gasteiger partial charge on any atom is -0.491 e. The smallest absolute Gasteiger partial charge is 0.491 e. The number of hydrogen-bond donors (Lipinski definition) is 2. The highest BCUT2D eigenvalue weighted by Gasteiger charge is 2.38. The standard InChI is InChI=1S/C42H76N2O11Si2/c1-11-13-25-43(27-15-31-56(47-5,48-6)49-7)33-38(45)35-53-29-30-54-39-21-17-36(18-22-39)42(3,4)37-19-23-40(24-20-37)55-41(46)34-44(26-14-12-2)28-16-32-57(50-8,51-9)52-10/h17-24,38,41,45-46H,11-16,25-35H2,1-10H3. The third-order valence-electron chi connectivity index (χ3n) is 10.6. The summed E-state index contributed by atoms with van der Waals surface area (Å²) in [6.45, 7) is 14.0. The number of benzene rings is 2. The molecule has 0 fully saturated rings. The maximum atomic E-state index is 10.9. The van der Waals surface area contributed by atoms with Crippen molar-refractivity contribution in [3.05, 3.63) is 59.7 Å². The van der Waals surface area contributed by atoms with Crippen LogP contribution in [0.5, 0.6) is 11.5 Å². The highest BCUT2D eigenvalue weighted by molar-refractivity contribution is 6.60. The van der Waals surface area contributed by atoms with Crippen molar-refractivity contribution in [3.8, 4) is 11.5 Å². The fourth-order valence-electron chi connectivity index (χ4n) is 6.79. The first-order chi connectivity index (χ1) is 27.4. The zero-order valence-electron chi connectivity index (χ0n) is 36.8. The molecule has 0 amide bonds. The van der Waals surface area contributed by atoms with Crippen molar-refractivity contribution in [2.75, 3.05) is 102 Å². The Kier molecular flexibility index (Phi) is 24.9. The van der Waals surface area contributed by atoms with Crippen LogP contribution in [0.4, 0.5) is 0 Å². The Morgan fingerprint density at radius 3 is 1.44 bits per heavy atom. The van der Waals surface area contributed by atoms with Gasteiger partial charge in [-0.05, 0) is 87.3 Å². The molecule has 0 saturated carbocycles. The highest BCUT2D eigenvalue weighted by Crippen LogP contribution is 2.33. The summed E-state index contributed by atoms with van der Waals surface area (Å²) in [5.41, 5.74) is 1.99. The molecule has 2 aromatic rings. The van der Waals surface area contributed by atoms with Crippen molar-refractivity contribution in [3.63, 3.8) is 0 Å². The highest BCUT2D eigenvalue weighted by atomic mass is 28.4. The predicted molar refractivity (Wildman–Crippen MR) is 229 cm³/mol. The molecular weight excluding hydrogens is 765 g/mol. The molecule has 0 aliphatic heterocycles. The molecule has 0 saturated heterocycles. The van der Waals surface area contributed by atoms with Gasteiger partial charge in [0.2, 0.25) is 6.29 Å². The topological polar surface area (TPSA) is 130 Å². The van der Waals surface area contributed by atoms with E-state index in [9.17, 15) is 10.2 Å². The number of ether oxygens (including phenoxy) is 3. The zero-order chi connectivity index (χ0) is 42.2. The molecule has 0 spiro atoms. The molecule has 0 radical (unpaired) electrons. The lowest BCUT2D eigenvalue weighted by Crippen LogP contribution is -2.44. The number of rotatable bonds is 34. The minimum absolute atomic E-state index is 0.244. The number of nitrogens with zero attached hydrogens (tertiary/aromatic N) is 2. The molecule has 2 N–H and O–H groups in total. The maximum absolute atomic E-state index is 10.9. The summed E-state index contributed by atoms with van der Waals surface area (Å²) in [6, 6.07) is 17.5. The fourth-order valence-corrected chi connectivity index (χ4v) is 10.2. The van der Waals surface area contributed by atoms with Crippen LogP contribution in [0.25, 0.3) is 0 Å². The molecule has 2 atom stereocenters. The van der Waals surface area contributed by atoms with Gasteiger partial charge in [0.15, 0.2) is 0 Å². The molecule has 0 aromatic heterocycles. The molecule has 0 aliphatic carbocycles. The normalized spacial score (nSPS) is 13.7. The van der Waals surface area contributed by atoms with E-state index in [1.807, 2.05) is 24.3 Å². The van der Waals surface area contributed by atoms with Gasteiger partial charge in [-0.3, -0.25) is 4.90 Å². The van der Waals surface area contributed by atoms with Gasteiger partial charge in [0.05, 0.1) is 25.9 Å². The van der Waals surface area contributed by atoms with Gasteiger partial charge in [-0.1, -0.05) is 64.8 Å². The van der Waals surface area contributed by atoms with E-state index in [4.69, 9.17) is 40.8 Å². The monoisotopic (exact) mass is 840 g/mol. The fraction of sp³-hybridized carbons (Fsp3) is 0.714. The molecule has 0 bridgehead atoms. The lowest BCUT2D eigenvalue weighted by atomic mass is 9.78. The van der Waals surface area contributed by atoms with Crippen molar-refractivity contribution in [2.24, 2.45) is 0 Å². The van der Waals surface area contributed by atoms with E-state index in [-0.39, 0.29) is 12.0 Å². The summed E-state index contributed by atoms with van der Waals surface area (Å²) in [5, 5.41) is 21.6. The lowest BCUT2D eigenvalue weighted by molar-refractivity contribution is -0.0413. The van der Waals surface area contributed by atoms with Crippen LogP contribution >= 0.6 is 0 Å². The van der Waals surface area contributed by atoms with Gasteiger partial charge in [-0.25, -0.2) is 0 Å². The van der Waals surface area contributed by atoms with Crippen LogP contribution in [0.3, 0.4) is 0 Å². The Morgan fingerprint density at radius 1 is 0.579 bits per heavy atom. The van der Waals surface area contributed by atoms with Gasteiger partial charge >= 0.3 is 17.6 Å². The SMILES string of the molecule is CCCCN(CCC[Si](OC)(OC)OC)CC(O)COCCOc1ccc(C(C)(C)c2ccc(OC(O)CN(CCCC)CCC[Si](OC)(OC)OC)cc2)cc1. The second-order valence-corrected chi connectivity index (χ2v) is 21.1. The summed E-state index contributed by atoms with van der Waals surface area (Å²) in [5.74, 6) is 1.38. The van der Waals surface area contributed by atoms with Crippen LogP contribution in [0, 0.1) is 0 Å². The molecule has 2 rings (SSSR count). The number of unbranched alkanes of at least 4 members (excludes halogenated alkanes) is 2. The molecule has 2 unspecified atom stereocenters. The number of hydrogen-bond acceptors (Lipinski definition) is 13. The number of aliphatic hydroxyl groups excluding tert-OH is 2. The Morgan fingerprint density at radius 2 is 1.00 bits per heavy atom. The first kappa shape index (κ1) is 51.2. The van der Waals surface area contributed by atoms with Crippen LogP contribution in [-0.2, 0) is 36.7 Å². The molecule has 15 heteroatoms. The summed E-state index contributed by atoms with van der Waals surface area (Å²) >= 11 is 0. The van der Waals surface area contributed by atoms with E-state index in [1.165, 1.54) is 0 Å².